The van der Waals surface area contributed by atoms with Crippen LogP contribution >= 0.6 is 11.5 Å². The zero-order valence-corrected chi connectivity index (χ0v) is 7.14. The van der Waals surface area contributed by atoms with Crippen LogP contribution in [0.4, 0.5) is 5.13 Å². The Morgan fingerprint density at radius 3 is 2.82 bits per heavy atom. The van der Waals surface area contributed by atoms with Gasteiger partial charge in [0.05, 0.1) is 0 Å². The molecular weight excluding hydrogens is 160 g/mol. The Bertz CT molecular complexity index is 272. The molecule has 1 rings (SSSR count). The Morgan fingerprint density at radius 2 is 2.36 bits per heavy atom. The van der Waals surface area contributed by atoms with E-state index in [4.69, 9.17) is 5.26 Å². The van der Waals surface area contributed by atoms with Crippen LogP contribution in [-0.4, -0.2) is 15.4 Å². The number of anilines is 1. The molecule has 0 fully saturated rings. The van der Waals surface area contributed by atoms with Crippen LogP contribution in [0.1, 0.15) is 19.7 Å². The summed E-state index contributed by atoms with van der Waals surface area (Å²) < 4.78 is 3.79. The summed E-state index contributed by atoms with van der Waals surface area (Å²) in [6.45, 7) is 4.01. The molecule has 58 valence electrons. The van der Waals surface area contributed by atoms with E-state index in [0.717, 1.165) is 0 Å². The van der Waals surface area contributed by atoms with Gasteiger partial charge in [0.15, 0.2) is 0 Å². The van der Waals surface area contributed by atoms with Crippen LogP contribution in [0.15, 0.2) is 0 Å². The summed E-state index contributed by atoms with van der Waals surface area (Å²) in [4.78, 5) is 3.90. The Labute approximate surface area is 69.1 Å². The van der Waals surface area contributed by atoms with Crippen LogP contribution in [0.5, 0.6) is 0 Å². The van der Waals surface area contributed by atoms with Crippen molar-refractivity contribution >= 4 is 16.7 Å². The average Bonchev–Trinajstić information content (AvgIpc) is 2.34. The second-order valence-electron chi connectivity index (χ2n) is 2.33. The molecule has 0 unspecified atom stereocenters. The lowest BCUT2D eigenvalue weighted by Crippen LogP contribution is -2.08. The maximum atomic E-state index is 8.39. The molecule has 0 aliphatic heterocycles. The van der Waals surface area contributed by atoms with Gasteiger partial charge in [0, 0.05) is 17.6 Å². The SMILES string of the molecule is CC(C)Nc1nc(C#N)ns1. The molecule has 0 radical (unpaired) electrons. The Kier molecular flexibility index (Phi) is 2.39. The monoisotopic (exact) mass is 168 g/mol. The molecule has 1 aromatic heterocycles. The fraction of sp³-hybridized carbons (Fsp3) is 0.500. The van der Waals surface area contributed by atoms with Crippen LogP contribution in [0.2, 0.25) is 0 Å². The van der Waals surface area contributed by atoms with Gasteiger partial charge in [-0.1, -0.05) is 0 Å². The first kappa shape index (κ1) is 7.95. The van der Waals surface area contributed by atoms with Crippen LogP contribution in [0.3, 0.4) is 0 Å². The van der Waals surface area contributed by atoms with Gasteiger partial charge in [0.25, 0.3) is 0 Å². The quantitative estimate of drug-likeness (QED) is 0.721. The number of hydrogen-bond acceptors (Lipinski definition) is 5. The lowest BCUT2D eigenvalue weighted by Gasteiger charge is -2.02. The predicted octanol–water partition coefficient (Wildman–Crippen LogP) is 1.23. The van der Waals surface area contributed by atoms with Crippen LogP contribution in [-0.2, 0) is 0 Å². The summed E-state index contributed by atoms with van der Waals surface area (Å²) in [5, 5.41) is 12.1. The van der Waals surface area contributed by atoms with Crippen molar-refractivity contribution in [1.29, 1.82) is 5.26 Å². The molecule has 0 saturated carbocycles. The highest BCUT2D eigenvalue weighted by Gasteiger charge is 2.02. The molecule has 1 aromatic rings. The summed E-state index contributed by atoms with van der Waals surface area (Å²) in [6.07, 6.45) is 0. The van der Waals surface area contributed by atoms with Crippen molar-refractivity contribution in [3.8, 4) is 6.07 Å². The fourth-order valence-corrected chi connectivity index (χ4v) is 1.24. The van der Waals surface area contributed by atoms with Gasteiger partial charge in [-0.2, -0.15) is 14.6 Å². The molecule has 4 nitrogen and oxygen atoms in total. The van der Waals surface area contributed by atoms with Crippen molar-refractivity contribution < 1.29 is 0 Å². The molecular formula is C6H8N4S. The lowest BCUT2D eigenvalue weighted by atomic mass is 10.4. The normalized spacial score (nSPS) is 9.64. The van der Waals surface area contributed by atoms with E-state index in [0.29, 0.717) is 11.2 Å². The van der Waals surface area contributed by atoms with Crippen LogP contribution in [0.25, 0.3) is 0 Å². The highest BCUT2D eigenvalue weighted by atomic mass is 32.1. The number of nitrogens with one attached hydrogen (secondary N) is 1. The third kappa shape index (κ3) is 2.16. The highest BCUT2D eigenvalue weighted by Crippen LogP contribution is 2.10. The number of nitrogens with zero attached hydrogens (tertiary/aromatic N) is 3. The minimum Gasteiger partial charge on any atom is -0.358 e. The molecule has 0 bridgehead atoms. The van der Waals surface area contributed by atoms with E-state index in [1.54, 1.807) is 0 Å². The average molecular weight is 168 g/mol. The molecule has 0 aromatic carbocycles. The van der Waals surface area contributed by atoms with E-state index >= 15 is 0 Å². The first-order valence-electron chi connectivity index (χ1n) is 3.22. The largest absolute Gasteiger partial charge is 0.358 e. The first-order chi connectivity index (χ1) is 5.22. The molecule has 0 aliphatic carbocycles. The molecule has 0 aliphatic rings. The van der Waals surface area contributed by atoms with E-state index < -0.39 is 0 Å². The van der Waals surface area contributed by atoms with E-state index in [9.17, 15) is 0 Å². The maximum Gasteiger partial charge on any atom is 0.245 e. The number of hydrogen-bond donors (Lipinski definition) is 1. The second kappa shape index (κ2) is 3.30. The van der Waals surface area contributed by atoms with Gasteiger partial charge in [0.1, 0.15) is 6.07 Å². The summed E-state index contributed by atoms with van der Waals surface area (Å²) in [5.41, 5.74) is 0. The molecule has 0 spiro atoms. The molecule has 0 saturated heterocycles. The van der Waals surface area contributed by atoms with E-state index in [2.05, 4.69) is 14.7 Å². The van der Waals surface area contributed by atoms with Crippen molar-refractivity contribution in [2.24, 2.45) is 0 Å². The molecule has 1 heterocycles. The Balaban J connectivity index is 2.67. The van der Waals surface area contributed by atoms with E-state index in [1.807, 2.05) is 19.9 Å². The van der Waals surface area contributed by atoms with Crippen LogP contribution in [0, 0.1) is 11.3 Å². The molecule has 1 N–H and O–H groups in total. The number of aromatic nitrogens is 2. The minimum atomic E-state index is 0.234. The van der Waals surface area contributed by atoms with Crippen LogP contribution < -0.4 is 5.32 Å². The number of nitriles is 1. The van der Waals surface area contributed by atoms with Gasteiger partial charge in [-0.15, -0.1) is 0 Å². The standard InChI is InChI=1S/C6H8N4S/c1-4(2)8-6-9-5(3-7)10-11-6/h4H,1-2H3,(H,8,9,10). The third-order valence-electron chi connectivity index (χ3n) is 0.938. The van der Waals surface area contributed by atoms with Gasteiger partial charge in [-0.3, -0.25) is 0 Å². The summed E-state index contributed by atoms with van der Waals surface area (Å²) in [6, 6.07) is 2.20. The lowest BCUT2D eigenvalue weighted by molar-refractivity contribution is 0.895. The summed E-state index contributed by atoms with van der Waals surface area (Å²) in [7, 11) is 0. The molecule has 0 amide bonds. The Morgan fingerprint density at radius 1 is 1.64 bits per heavy atom. The smallest absolute Gasteiger partial charge is 0.245 e. The maximum absolute atomic E-state index is 8.39. The zero-order valence-electron chi connectivity index (χ0n) is 6.33. The minimum absolute atomic E-state index is 0.234. The number of rotatable bonds is 2. The zero-order chi connectivity index (χ0) is 8.27. The van der Waals surface area contributed by atoms with Crippen molar-refractivity contribution in [1.82, 2.24) is 9.36 Å². The van der Waals surface area contributed by atoms with Gasteiger partial charge >= 0.3 is 0 Å². The first-order valence-corrected chi connectivity index (χ1v) is 4.00. The van der Waals surface area contributed by atoms with Gasteiger partial charge in [0.2, 0.25) is 11.0 Å². The van der Waals surface area contributed by atoms with Crippen molar-refractivity contribution in [3.05, 3.63) is 5.82 Å². The summed E-state index contributed by atoms with van der Waals surface area (Å²) in [5.74, 6) is 0.234. The van der Waals surface area contributed by atoms with E-state index in [1.165, 1.54) is 11.5 Å². The fourth-order valence-electron chi connectivity index (χ4n) is 0.574. The van der Waals surface area contributed by atoms with Crippen molar-refractivity contribution in [3.63, 3.8) is 0 Å². The third-order valence-corrected chi connectivity index (χ3v) is 1.58. The molecule has 11 heavy (non-hydrogen) atoms. The van der Waals surface area contributed by atoms with Gasteiger partial charge in [-0.05, 0) is 13.8 Å². The van der Waals surface area contributed by atoms with Gasteiger partial charge < -0.3 is 5.32 Å². The van der Waals surface area contributed by atoms with Crippen molar-refractivity contribution in [2.45, 2.75) is 19.9 Å². The Hall–Kier alpha value is -1.15. The molecule has 0 atom stereocenters. The van der Waals surface area contributed by atoms with E-state index in [-0.39, 0.29) is 5.82 Å². The van der Waals surface area contributed by atoms with Crippen molar-refractivity contribution in [2.75, 3.05) is 5.32 Å². The second-order valence-corrected chi connectivity index (χ2v) is 3.09. The predicted molar refractivity (Wildman–Crippen MR) is 43.4 cm³/mol. The topological polar surface area (TPSA) is 61.6 Å². The molecule has 5 heteroatoms. The highest BCUT2D eigenvalue weighted by molar-refractivity contribution is 7.09. The summed E-state index contributed by atoms with van der Waals surface area (Å²) >= 11 is 1.21. The van der Waals surface area contributed by atoms with Gasteiger partial charge in [-0.25, -0.2) is 0 Å².